The number of nitrogens with zero attached hydrogens (tertiary/aromatic N) is 2. The van der Waals surface area contributed by atoms with E-state index in [0.29, 0.717) is 0 Å². The third-order valence-corrected chi connectivity index (χ3v) is 10.3. The number of carbonyl (C=O) groups excluding carboxylic acids is 2. The normalized spacial score (nSPS) is 14.7. The number of carbonyl (C=O) groups is 2. The number of nitrogens with one attached hydrogen (secondary N) is 1. The lowest BCUT2D eigenvalue weighted by molar-refractivity contribution is -0.139. The van der Waals surface area contributed by atoms with Crippen molar-refractivity contribution in [2.75, 3.05) is 10.8 Å². The van der Waals surface area contributed by atoms with E-state index in [-0.39, 0.29) is 39.1 Å². The van der Waals surface area contributed by atoms with Gasteiger partial charge in [0.1, 0.15) is 12.6 Å². The van der Waals surface area contributed by atoms with E-state index in [1.54, 1.807) is 37.3 Å². The SMILES string of the molecule is CC(C(=O)NC1CCCCC1)N(Cc1ccc(Br)cc1)C(=O)CN(c1cccc(Cl)c1Cl)S(=O)(=O)c1ccccc1. The summed E-state index contributed by atoms with van der Waals surface area (Å²) in [6, 6.07) is 19.0. The Morgan fingerprint density at radius 1 is 0.951 bits per heavy atom. The first-order valence-electron chi connectivity index (χ1n) is 13.4. The van der Waals surface area contributed by atoms with Crippen LogP contribution in [0.5, 0.6) is 0 Å². The predicted molar refractivity (Wildman–Crippen MR) is 167 cm³/mol. The van der Waals surface area contributed by atoms with Gasteiger partial charge >= 0.3 is 0 Å². The molecule has 0 heterocycles. The van der Waals surface area contributed by atoms with E-state index in [4.69, 9.17) is 23.2 Å². The molecule has 0 radical (unpaired) electrons. The number of sulfonamides is 1. The summed E-state index contributed by atoms with van der Waals surface area (Å²) in [4.78, 5) is 28.9. The van der Waals surface area contributed by atoms with Crippen molar-refractivity contribution in [2.45, 2.75) is 62.6 Å². The van der Waals surface area contributed by atoms with Crippen molar-refractivity contribution in [3.05, 3.63) is 92.9 Å². The minimum atomic E-state index is -4.23. The number of hydrogen-bond acceptors (Lipinski definition) is 4. The minimum absolute atomic E-state index is 0.00372. The topological polar surface area (TPSA) is 86.8 Å². The first-order valence-corrected chi connectivity index (χ1v) is 16.4. The predicted octanol–water partition coefficient (Wildman–Crippen LogP) is 6.82. The van der Waals surface area contributed by atoms with Crippen LogP contribution in [0.15, 0.2) is 82.2 Å². The highest BCUT2D eigenvalue weighted by Crippen LogP contribution is 2.35. The van der Waals surface area contributed by atoms with Gasteiger partial charge in [0.05, 0.1) is 20.6 Å². The molecule has 1 aliphatic carbocycles. The summed E-state index contributed by atoms with van der Waals surface area (Å²) in [5, 5.41) is 3.25. The van der Waals surface area contributed by atoms with Crippen molar-refractivity contribution >= 4 is 66.7 Å². The fraction of sp³-hybridized carbons (Fsp3) is 0.333. The number of rotatable bonds is 10. The largest absolute Gasteiger partial charge is 0.352 e. The summed E-state index contributed by atoms with van der Waals surface area (Å²) < 4.78 is 29.6. The zero-order chi connectivity index (χ0) is 29.6. The Morgan fingerprint density at radius 2 is 1.61 bits per heavy atom. The van der Waals surface area contributed by atoms with Gasteiger partial charge in [0, 0.05) is 17.1 Å². The maximum absolute atomic E-state index is 14.1. The van der Waals surface area contributed by atoms with Crippen LogP contribution < -0.4 is 9.62 Å². The Hall–Kier alpha value is -2.59. The highest BCUT2D eigenvalue weighted by molar-refractivity contribution is 9.10. The number of hydrogen-bond donors (Lipinski definition) is 1. The summed E-state index contributed by atoms with van der Waals surface area (Å²) in [7, 11) is -4.23. The summed E-state index contributed by atoms with van der Waals surface area (Å²) in [5.41, 5.74) is 0.858. The standard InChI is InChI=1S/C30H32BrCl2N3O4S/c1-21(30(38)34-24-9-4-2-5-10-24)35(19-22-15-17-23(31)18-16-22)28(37)20-36(27-14-8-13-26(32)29(27)33)41(39,40)25-11-6-3-7-12-25/h3,6-8,11-18,21,24H,2,4-5,9-10,19-20H2,1H3,(H,34,38). The van der Waals surface area contributed by atoms with Crippen LogP contribution in [0, 0.1) is 0 Å². The van der Waals surface area contributed by atoms with Gasteiger partial charge in [-0.2, -0.15) is 0 Å². The molecule has 0 bridgehead atoms. The second kappa shape index (κ2) is 14.1. The van der Waals surface area contributed by atoms with Crippen molar-refractivity contribution in [1.82, 2.24) is 10.2 Å². The molecule has 1 aliphatic rings. The van der Waals surface area contributed by atoms with Gasteiger partial charge in [-0.15, -0.1) is 0 Å². The third-order valence-electron chi connectivity index (χ3n) is 7.20. The molecule has 0 saturated heterocycles. The van der Waals surface area contributed by atoms with E-state index in [2.05, 4.69) is 21.2 Å². The van der Waals surface area contributed by atoms with E-state index in [0.717, 1.165) is 46.4 Å². The van der Waals surface area contributed by atoms with Crippen molar-refractivity contribution in [2.24, 2.45) is 0 Å². The maximum atomic E-state index is 14.1. The molecule has 1 unspecified atom stereocenters. The molecule has 2 amide bonds. The highest BCUT2D eigenvalue weighted by Gasteiger charge is 2.34. The zero-order valence-electron chi connectivity index (χ0n) is 22.6. The molecule has 4 rings (SSSR count). The van der Waals surface area contributed by atoms with Crippen LogP contribution in [0.4, 0.5) is 5.69 Å². The Bertz CT molecular complexity index is 1470. The molecule has 41 heavy (non-hydrogen) atoms. The fourth-order valence-corrected chi connectivity index (χ4v) is 7.01. The molecule has 1 N–H and O–H groups in total. The Kier molecular flexibility index (Phi) is 10.7. The van der Waals surface area contributed by atoms with Crippen LogP contribution in [-0.4, -0.2) is 43.8 Å². The molecule has 11 heteroatoms. The van der Waals surface area contributed by atoms with Gasteiger partial charge in [0.25, 0.3) is 10.0 Å². The van der Waals surface area contributed by atoms with Gasteiger partial charge in [0.15, 0.2) is 0 Å². The first-order chi connectivity index (χ1) is 19.6. The first kappa shape index (κ1) is 31.3. The van der Waals surface area contributed by atoms with Gasteiger partial charge in [-0.25, -0.2) is 8.42 Å². The quantitative estimate of drug-likeness (QED) is 0.255. The number of anilines is 1. The van der Waals surface area contributed by atoms with E-state index in [1.165, 1.54) is 23.1 Å². The summed E-state index contributed by atoms with van der Waals surface area (Å²) >= 11 is 16.2. The lowest BCUT2D eigenvalue weighted by Gasteiger charge is -2.33. The van der Waals surface area contributed by atoms with Gasteiger partial charge in [-0.3, -0.25) is 13.9 Å². The van der Waals surface area contributed by atoms with Crippen LogP contribution in [0.3, 0.4) is 0 Å². The molecular weight excluding hydrogens is 649 g/mol. The lowest BCUT2D eigenvalue weighted by Crippen LogP contribution is -2.53. The van der Waals surface area contributed by atoms with Crippen molar-refractivity contribution < 1.29 is 18.0 Å². The average molecular weight is 681 g/mol. The summed E-state index contributed by atoms with van der Waals surface area (Å²) in [6.07, 6.45) is 5.04. The molecule has 0 spiro atoms. The smallest absolute Gasteiger partial charge is 0.264 e. The third kappa shape index (κ3) is 7.83. The molecule has 7 nitrogen and oxygen atoms in total. The van der Waals surface area contributed by atoms with E-state index in [1.807, 2.05) is 24.3 Å². The Balaban J connectivity index is 1.69. The number of benzene rings is 3. The molecule has 1 atom stereocenters. The van der Waals surface area contributed by atoms with Crippen LogP contribution >= 0.6 is 39.1 Å². The zero-order valence-corrected chi connectivity index (χ0v) is 26.5. The van der Waals surface area contributed by atoms with Crippen molar-refractivity contribution in [3.63, 3.8) is 0 Å². The van der Waals surface area contributed by atoms with E-state index in [9.17, 15) is 18.0 Å². The second-order valence-electron chi connectivity index (χ2n) is 10.1. The molecule has 3 aromatic rings. The van der Waals surface area contributed by atoms with Crippen LogP contribution in [-0.2, 0) is 26.2 Å². The fourth-order valence-electron chi connectivity index (χ4n) is 4.86. The van der Waals surface area contributed by atoms with Crippen LogP contribution in [0.25, 0.3) is 0 Å². The van der Waals surface area contributed by atoms with Gasteiger partial charge in [0.2, 0.25) is 11.8 Å². The van der Waals surface area contributed by atoms with Gasteiger partial charge in [-0.1, -0.05) is 94.8 Å². The van der Waals surface area contributed by atoms with Gasteiger partial charge < -0.3 is 10.2 Å². The number of amides is 2. The van der Waals surface area contributed by atoms with E-state index < -0.39 is 28.5 Å². The van der Waals surface area contributed by atoms with Crippen LogP contribution in [0.2, 0.25) is 10.0 Å². The average Bonchev–Trinajstić information content (AvgIpc) is 2.97. The molecular formula is C30H32BrCl2N3O4S. The molecule has 1 saturated carbocycles. The molecule has 1 fully saturated rings. The monoisotopic (exact) mass is 679 g/mol. The summed E-state index contributed by atoms with van der Waals surface area (Å²) in [6.45, 7) is 1.18. The molecule has 0 aromatic heterocycles. The van der Waals surface area contributed by atoms with E-state index >= 15 is 0 Å². The highest BCUT2D eigenvalue weighted by atomic mass is 79.9. The van der Waals surface area contributed by atoms with Gasteiger partial charge in [-0.05, 0) is 61.7 Å². The van der Waals surface area contributed by atoms with Crippen molar-refractivity contribution in [3.8, 4) is 0 Å². The molecule has 0 aliphatic heterocycles. The maximum Gasteiger partial charge on any atom is 0.264 e. The van der Waals surface area contributed by atoms with Crippen molar-refractivity contribution in [1.29, 1.82) is 0 Å². The lowest BCUT2D eigenvalue weighted by atomic mass is 9.95. The number of halogens is 3. The van der Waals surface area contributed by atoms with Crippen LogP contribution in [0.1, 0.15) is 44.6 Å². The Labute approximate surface area is 260 Å². The summed E-state index contributed by atoms with van der Waals surface area (Å²) in [5.74, 6) is -0.838. The molecule has 3 aromatic carbocycles. The molecule has 218 valence electrons. The minimum Gasteiger partial charge on any atom is -0.352 e. The Morgan fingerprint density at radius 3 is 2.27 bits per heavy atom. The second-order valence-corrected chi connectivity index (χ2v) is 13.6.